The molecule has 1 N–H and O–H groups in total. The number of aromatic nitrogens is 3. The lowest BCUT2D eigenvalue weighted by Crippen LogP contribution is -2.15. The smallest absolute Gasteiger partial charge is 0.293 e. The van der Waals surface area contributed by atoms with Crippen LogP contribution in [0.3, 0.4) is 0 Å². The Morgan fingerprint density at radius 3 is 2.62 bits per heavy atom. The summed E-state index contributed by atoms with van der Waals surface area (Å²) in [5.74, 6) is -0.197. The van der Waals surface area contributed by atoms with Crippen molar-refractivity contribution in [3.05, 3.63) is 58.9 Å². The second kappa shape index (κ2) is 5.80. The van der Waals surface area contributed by atoms with Crippen molar-refractivity contribution in [2.75, 3.05) is 5.32 Å². The quantitative estimate of drug-likeness (QED) is 0.806. The van der Waals surface area contributed by atoms with Gasteiger partial charge in [0.05, 0.1) is 16.4 Å². The number of anilines is 1. The van der Waals surface area contributed by atoms with Gasteiger partial charge in [0, 0.05) is 23.3 Å². The first-order valence-electron chi connectivity index (χ1n) is 6.34. The molecule has 1 amide bonds. The topological polar surface area (TPSA) is 67.8 Å². The van der Waals surface area contributed by atoms with Gasteiger partial charge in [-0.2, -0.15) is 0 Å². The number of nitrogens with zero attached hydrogens (tertiary/aromatic N) is 3. The summed E-state index contributed by atoms with van der Waals surface area (Å²) in [6.07, 6.45) is 3.08. The largest absolute Gasteiger partial charge is 0.319 e. The number of carbonyl (C=O) groups excluding carboxylic acids is 1. The van der Waals surface area contributed by atoms with Crippen molar-refractivity contribution in [3.63, 3.8) is 0 Å². The Hall–Kier alpha value is -2.60. The number of rotatable bonds is 3. The van der Waals surface area contributed by atoms with Gasteiger partial charge in [-0.25, -0.2) is 15.0 Å². The van der Waals surface area contributed by atoms with Crippen LogP contribution in [-0.2, 0) is 0 Å². The third-order valence-electron chi connectivity index (χ3n) is 2.84. The van der Waals surface area contributed by atoms with Gasteiger partial charge >= 0.3 is 0 Å². The summed E-state index contributed by atoms with van der Waals surface area (Å²) < 4.78 is 0. The van der Waals surface area contributed by atoms with Crippen molar-refractivity contribution >= 4 is 22.9 Å². The maximum atomic E-state index is 12.1. The first kappa shape index (κ1) is 13.4. The molecule has 2 aromatic heterocycles. The Labute approximate surface area is 125 Å². The van der Waals surface area contributed by atoms with E-state index in [1.54, 1.807) is 17.4 Å². The van der Waals surface area contributed by atoms with Crippen molar-refractivity contribution in [1.82, 2.24) is 15.0 Å². The zero-order valence-electron chi connectivity index (χ0n) is 11.3. The summed E-state index contributed by atoms with van der Waals surface area (Å²) >= 11 is 1.57. The molecule has 5 nitrogen and oxygen atoms in total. The molecule has 0 saturated carbocycles. The first-order chi connectivity index (χ1) is 10.2. The Morgan fingerprint density at radius 2 is 1.90 bits per heavy atom. The monoisotopic (exact) mass is 296 g/mol. The normalized spacial score (nSPS) is 10.3. The lowest BCUT2D eigenvalue weighted by atomic mass is 10.1. The van der Waals surface area contributed by atoms with Crippen LogP contribution in [0.25, 0.3) is 11.3 Å². The Morgan fingerprint density at radius 1 is 1.14 bits per heavy atom. The molecule has 0 spiro atoms. The van der Waals surface area contributed by atoms with Crippen LogP contribution in [0.15, 0.2) is 48.1 Å². The number of amides is 1. The summed E-state index contributed by atoms with van der Waals surface area (Å²) in [5.41, 5.74) is 2.42. The van der Waals surface area contributed by atoms with E-state index < -0.39 is 0 Å². The zero-order valence-corrected chi connectivity index (χ0v) is 12.1. The average molecular weight is 296 g/mol. The van der Waals surface area contributed by atoms with Crippen LogP contribution in [0.5, 0.6) is 0 Å². The lowest BCUT2D eigenvalue weighted by Gasteiger charge is -2.08. The molecule has 3 aromatic rings. The van der Waals surface area contributed by atoms with Gasteiger partial charge in [-0.3, -0.25) is 4.79 Å². The number of hydrogen-bond acceptors (Lipinski definition) is 5. The number of para-hydroxylation sites is 1. The summed E-state index contributed by atoms with van der Waals surface area (Å²) in [5, 5.41) is 5.79. The second-order valence-electron chi connectivity index (χ2n) is 4.32. The highest BCUT2D eigenvalue weighted by Gasteiger charge is 2.13. The van der Waals surface area contributed by atoms with Gasteiger partial charge in [0.1, 0.15) is 0 Å². The lowest BCUT2D eigenvalue weighted by molar-refractivity contribution is 0.101. The molecule has 0 saturated heterocycles. The third-order valence-corrected chi connectivity index (χ3v) is 3.61. The van der Waals surface area contributed by atoms with Gasteiger partial charge in [0.25, 0.3) is 5.91 Å². The van der Waals surface area contributed by atoms with E-state index in [4.69, 9.17) is 0 Å². The predicted molar refractivity (Wildman–Crippen MR) is 82.3 cm³/mol. The van der Waals surface area contributed by atoms with Crippen LogP contribution < -0.4 is 5.32 Å². The highest BCUT2D eigenvalue weighted by Crippen LogP contribution is 2.28. The van der Waals surface area contributed by atoms with Gasteiger partial charge in [0.2, 0.25) is 5.82 Å². The minimum Gasteiger partial charge on any atom is -0.319 e. The van der Waals surface area contributed by atoms with Gasteiger partial charge in [-0.1, -0.05) is 18.2 Å². The molecule has 104 valence electrons. The van der Waals surface area contributed by atoms with E-state index in [2.05, 4.69) is 20.3 Å². The highest BCUT2D eigenvalue weighted by atomic mass is 32.1. The van der Waals surface area contributed by atoms with E-state index in [-0.39, 0.29) is 11.7 Å². The van der Waals surface area contributed by atoms with Crippen molar-refractivity contribution < 1.29 is 4.79 Å². The Balaban J connectivity index is 1.91. The fraction of sp³-hybridized carbons (Fsp3) is 0.0667. The molecule has 0 bridgehead atoms. The molecular formula is C15H12N4OS. The average Bonchev–Trinajstić information content (AvgIpc) is 2.95. The van der Waals surface area contributed by atoms with Gasteiger partial charge < -0.3 is 5.32 Å². The van der Waals surface area contributed by atoms with E-state index in [1.807, 2.05) is 36.6 Å². The molecule has 0 atom stereocenters. The maximum Gasteiger partial charge on any atom is 0.293 e. The van der Waals surface area contributed by atoms with E-state index in [1.165, 1.54) is 12.4 Å². The molecule has 0 fully saturated rings. The fourth-order valence-electron chi connectivity index (χ4n) is 1.90. The van der Waals surface area contributed by atoms with Crippen LogP contribution in [-0.4, -0.2) is 20.9 Å². The molecule has 0 radical (unpaired) electrons. The van der Waals surface area contributed by atoms with Crippen molar-refractivity contribution in [2.45, 2.75) is 6.92 Å². The SMILES string of the molecule is Cc1nc(-c2ccccc2NC(=O)c2ncccn2)cs1. The molecule has 6 heteroatoms. The standard InChI is InChI=1S/C15H12N4OS/c1-10-18-13(9-21-10)11-5-2-3-6-12(11)19-15(20)14-16-7-4-8-17-14/h2-9H,1H3,(H,19,20). The third kappa shape index (κ3) is 2.95. The van der Waals surface area contributed by atoms with Gasteiger partial charge in [-0.15, -0.1) is 11.3 Å². The van der Waals surface area contributed by atoms with Crippen LogP contribution in [0, 0.1) is 6.92 Å². The van der Waals surface area contributed by atoms with Crippen LogP contribution in [0.1, 0.15) is 15.6 Å². The molecule has 2 heterocycles. The summed E-state index contributed by atoms with van der Waals surface area (Å²) in [4.78, 5) is 24.5. The number of carbonyl (C=O) groups is 1. The Bertz CT molecular complexity index is 770. The summed E-state index contributed by atoms with van der Waals surface area (Å²) in [7, 11) is 0. The van der Waals surface area contributed by atoms with Crippen LogP contribution >= 0.6 is 11.3 Å². The van der Waals surface area contributed by atoms with E-state index in [9.17, 15) is 4.79 Å². The predicted octanol–water partition coefficient (Wildman–Crippen LogP) is 3.16. The number of aryl methyl sites for hydroxylation is 1. The minimum atomic E-state index is -0.338. The minimum absolute atomic E-state index is 0.141. The van der Waals surface area contributed by atoms with E-state index >= 15 is 0 Å². The van der Waals surface area contributed by atoms with Crippen LogP contribution in [0.2, 0.25) is 0 Å². The van der Waals surface area contributed by atoms with Gasteiger partial charge in [0.15, 0.2) is 0 Å². The molecule has 0 unspecified atom stereocenters. The molecule has 0 aliphatic rings. The summed E-state index contributed by atoms with van der Waals surface area (Å²) in [6, 6.07) is 9.21. The molecule has 0 aliphatic heterocycles. The van der Waals surface area contributed by atoms with Crippen molar-refractivity contribution in [1.29, 1.82) is 0 Å². The number of nitrogens with one attached hydrogen (secondary N) is 1. The first-order valence-corrected chi connectivity index (χ1v) is 7.22. The van der Waals surface area contributed by atoms with Crippen molar-refractivity contribution in [2.24, 2.45) is 0 Å². The van der Waals surface area contributed by atoms with E-state index in [0.717, 1.165) is 16.3 Å². The number of thiazole rings is 1. The van der Waals surface area contributed by atoms with Gasteiger partial charge in [-0.05, 0) is 19.1 Å². The van der Waals surface area contributed by atoms with E-state index in [0.29, 0.717) is 5.69 Å². The van der Waals surface area contributed by atoms with Crippen LogP contribution in [0.4, 0.5) is 5.69 Å². The molecule has 0 aliphatic carbocycles. The molecule has 1 aromatic carbocycles. The zero-order chi connectivity index (χ0) is 14.7. The summed E-state index contributed by atoms with van der Waals surface area (Å²) in [6.45, 7) is 1.95. The molecule has 21 heavy (non-hydrogen) atoms. The molecular weight excluding hydrogens is 284 g/mol. The number of hydrogen-bond donors (Lipinski definition) is 1. The number of benzene rings is 1. The highest BCUT2D eigenvalue weighted by molar-refractivity contribution is 7.09. The second-order valence-corrected chi connectivity index (χ2v) is 5.39. The Kier molecular flexibility index (Phi) is 3.70. The fourth-order valence-corrected chi connectivity index (χ4v) is 2.51. The maximum absolute atomic E-state index is 12.1. The molecule has 3 rings (SSSR count). The van der Waals surface area contributed by atoms with Crippen molar-refractivity contribution in [3.8, 4) is 11.3 Å².